The molecule has 1 aromatic heterocycles. The van der Waals surface area contributed by atoms with Gasteiger partial charge in [0.2, 0.25) is 5.91 Å². The van der Waals surface area contributed by atoms with Gasteiger partial charge < -0.3 is 5.73 Å². The van der Waals surface area contributed by atoms with E-state index in [-0.39, 0.29) is 0 Å². The minimum atomic E-state index is -0.433. The maximum absolute atomic E-state index is 11.1. The summed E-state index contributed by atoms with van der Waals surface area (Å²) in [6.07, 6.45) is 5.17. The third-order valence-electron chi connectivity index (χ3n) is 2.90. The smallest absolute Gasteiger partial charge is 0.248 e. The van der Waals surface area contributed by atoms with E-state index in [1.807, 2.05) is 18.2 Å². The third kappa shape index (κ3) is 2.45. The highest BCUT2D eigenvalue weighted by molar-refractivity contribution is 5.93. The van der Waals surface area contributed by atoms with Crippen LogP contribution in [0.4, 0.5) is 0 Å². The zero-order valence-electron chi connectivity index (χ0n) is 10.5. The molecule has 0 aliphatic heterocycles. The van der Waals surface area contributed by atoms with E-state index < -0.39 is 5.91 Å². The van der Waals surface area contributed by atoms with E-state index in [1.165, 1.54) is 0 Å². The highest BCUT2D eigenvalue weighted by atomic mass is 16.1. The van der Waals surface area contributed by atoms with E-state index in [9.17, 15) is 4.79 Å². The number of hydrogen-bond donors (Lipinski definition) is 1. The Bertz CT molecular complexity index is 642. The Morgan fingerprint density at radius 1 is 1.11 bits per heavy atom. The molecule has 2 N–H and O–H groups in total. The van der Waals surface area contributed by atoms with Crippen LogP contribution in [0.1, 0.15) is 21.6 Å². The van der Waals surface area contributed by atoms with Crippen molar-refractivity contribution in [2.24, 2.45) is 5.73 Å². The maximum atomic E-state index is 11.1. The van der Waals surface area contributed by atoms with Crippen LogP contribution in [0.25, 0.3) is 23.3 Å². The van der Waals surface area contributed by atoms with Gasteiger partial charge in [-0.15, -0.1) is 0 Å². The van der Waals surface area contributed by atoms with E-state index >= 15 is 0 Å². The van der Waals surface area contributed by atoms with E-state index in [4.69, 9.17) is 5.73 Å². The summed E-state index contributed by atoms with van der Waals surface area (Å²) in [7, 11) is 0. The van der Waals surface area contributed by atoms with Gasteiger partial charge in [-0.05, 0) is 35.4 Å². The predicted octanol–water partition coefficient (Wildman–Crippen LogP) is 3.13. The largest absolute Gasteiger partial charge is 0.366 e. The van der Waals surface area contributed by atoms with Crippen LogP contribution >= 0.6 is 0 Å². The summed E-state index contributed by atoms with van der Waals surface area (Å²) >= 11 is 0. The Kier molecular flexibility index (Phi) is 3.57. The van der Waals surface area contributed by atoms with E-state index in [1.54, 1.807) is 30.5 Å². The lowest BCUT2D eigenvalue weighted by atomic mass is 9.98. The monoisotopic (exact) mass is 250 g/mol. The Morgan fingerprint density at radius 3 is 2.32 bits per heavy atom. The summed E-state index contributed by atoms with van der Waals surface area (Å²) in [6, 6.07) is 9.03. The summed E-state index contributed by atoms with van der Waals surface area (Å²) < 4.78 is 0. The number of pyridine rings is 1. The topological polar surface area (TPSA) is 56.0 Å². The number of primary amides is 1. The van der Waals surface area contributed by atoms with Gasteiger partial charge in [0.15, 0.2) is 0 Å². The SMILES string of the molecule is C=Cc1nccc(-c2ccc(C(N)=O)cc2)c1C=C. The normalized spacial score (nSPS) is 9.89. The molecule has 3 nitrogen and oxygen atoms in total. The fraction of sp³-hybridized carbons (Fsp3) is 0. The number of amides is 1. The fourth-order valence-electron chi connectivity index (χ4n) is 1.93. The molecule has 0 radical (unpaired) electrons. The number of nitrogens with zero attached hydrogens (tertiary/aromatic N) is 1. The van der Waals surface area contributed by atoms with E-state index in [0.29, 0.717) is 5.56 Å². The molecule has 0 unspecified atom stereocenters. The van der Waals surface area contributed by atoms with Crippen molar-refractivity contribution >= 4 is 18.1 Å². The van der Waals surface area contributed by atoms with Gasteiger partial charge in [-0.3, -0.25) is 9.78 Å². The first-order chi connectivity index (χ1) is 9.17. The molecule has 0 fully saturated rings. The molecule has 1 aromatic carbocycles. The number of benzene rings is 1. The van der Waals surface area contributed by atoms with E-state index in [2.05, 4.69) is 18.1 Å². The van der Waals surface area contributed by atoms with Gasteiger partial charge >= 0.3 is 0 Å². The van der Waals surface area contributed by atoms with Crippen LogP contribution in [0.2, 0.25) is 0 Å². The molecule has 0 saturated heterocycles. The van der Waals surface area contributed by atoms with Crippen molar-refractivity contribution in [3.63, 3.8) is 0 Å². The van der Waals surface area contributed by atoms with Crippen molar-refractivity contribution in [2.45, 2.75) is 0 Å². The molecule has 0 bridgehead atoms. The van der Waals surface area contributed by atoms with Gasteiger partial charge in [0.05, 0.1) is 5.69 Å². The lowest BCUT2D eigenvalue weighted by Crippen LogP contribution is -2.10. The molecule has 0 atom stereocenters. The highest BCUT2D eigenvalue weighted by Crippen LogP contribution is 2.26. The minimum absolute atomic E-state index is 0.433. The molecule has 19 heavy (non-hydrogen) atoms. The fourth-order valence-corrected chi connectivity index (χ4v) is 1.93. The molecule has 2 rings (SSSR count). The van der Waals surface area contributed by atoms with Crippen LogP contribution in [-0.2, 0) is 0 Å². The second-order valence-electron chi connectivity index (χ2n) is 4.01. The van der Waals surface area contributed by atoms with Gasteiger partial charge in [-0.2, -0.15) is 0 Å². The molecule has 0 spiro atoms. The quantitative estimate of drug-likeness (QED) is 0.906. The lowest BCUT2D eigenvalue weighted by Gasteiger charge is -2.09. The average molecular weight is 250 g/mol. The van der Waals surface area contributed by atoms with Crippen LogP contribution in [0.15, 0.2) is 49.7 Å². The summed E-state index contributed by atoms with van der Waals surface area (Å²) in [5.41, 5.74) is 9.39. The molecule has 1 amide bonds. The van der Waals surface area contributed by atoms with Crippen LogP contribution in [-0.4, -0.2) is 10.9 Å². The van der Waals surface area contributed by atoms with Gasteiger partial charge in [0.25, 0.3) is 0 Å². The Labute approximate surface area is 112 Å². The van der Waals surface area contributed by atoms with Crippen LogP contribution < -0.4 is 5.73 Å². The van der Waals surface area contributed by atoms with Crippen LogP contribution in [0.5, 0.6) is 0 Å². The Balaban J connectivity index is 2.55. The molecule has 2 aromatic rings. The van der Waals surface area contributed by atoms with Crippen molar-refractivity contribution in [3.8, 4) is 11.1 Å². The summed E-state index contributed by atoms with van der Waals surface area (Å²) in [5, 5.41) is 0. The molecular weight excluding hydrogens is 236 g/mol. The average Bonchev–Trinajstić information content (AvgIpc) is 2.46. The van der Waals surface area contributed by atoms with Gasteiger partial charge in [0, 0.05) is 17.3 Å². The standard InChI is InChI=1S/C16H14N2O/c1-3-13-14(9-10-18-15(13)4-2)11-5-7-12(8-6-11)16(17)19/h3-10H,1-2H2,(H2,17,19). The zero-order chi connectivity index (χ0) is 13.8. The second-order valence-corrected chi connectivity index (χ2v) is 4.01. The van der Waals surface area contributed by atoms with Crippen molar-refractivity contribution in [2.75, 3.05) is 0 Å². The molecule has 0 aliphatic carbocycles. The van der Waals surface area contributed by atoms with Crippen molar-refractivity contribution < 1.29 is 4.79 Å². The first-order valence-electron chi connectivity index (χ1n) is 5.81. The van der Waals surface area contributed by atoms with Crippen molar-refractivity contribution in [1.82, 2.24) is 4.98 Å². The number of carbonyl (C=O) groups excluding carboxylic acids is 1. The van der Waals surface area contributed by atoms with Gasteiger partial charge in [-0.25, -0.2) is 0 Å². The Morgan fingerprint density at radius 2 is 1.79 bits per heavy atom. The minimum Gasteiger partial charge on any atom is -0.366 e. The first-order valence-corrected chi connectivity index (χ1v) is 5.81. The molecule has 1 heterocycles. The number of carbonyl (C=O) groups is 1. The highest BCUT2D eigenvalue weighted by Gasteiger charge is 2.07. The summed E-state index contributed by atoms with van der Waals surface area (Å²) in [6.45, 7) is 7.55. The van der Waals surface area contributed by atoms with E-state index in [0.717, 1.165) is 22.4 Å². The number of rotatable bonds is 4. The molecule has 0 aliphatic rings. The zero-order valence-corrected chi connectivity index (χ0v) is 10.5. The van der Waals surface area contributed by atoms with Crippen LogP contribution in [0, 0.1) is 0 Å². The summed E-state index contributed by atoms with van der Waals surface area (Å²) in [4.78, 5) is 15.3. The number of nitrogens with two attached hydrogens (primary N) is 1. The van der Waals surface area contributed by atoms with Crippen LogP contribution in [0.3, 0.4) is 0 Å². The second kappa shape index (κ2) is 5.31. The lowest BCUT2D eigenvalue weighted by molar-refractivity contribution is 0.100. The first kappa shape index (κ1) is 12.8. The molecule has 0 saturated carbocycles. The molecular formula is C16H14N2O. The molecule has 3 heteroatoms. The van der Waals surface area contributed by atoms with Gasteiger partial charge in [-0.1, -0.05) is 31.4 Å². The predicted molar refractivity (Wildman–Crippen MR) is 78.4 cm³/mol. The maximum Gasteiger partial charge on any atom is 0.248 e. The Hall–Kier alpha value is -2.68. The number of aromatic nitrogens is 1. The molecule has 94 valence electrons. The third-order valence-corrected chi connectivity index (χ3v) is 2.90. The summed E-state index contributed by atoms with van der Waals surface area (Å²) in [5.74, 6) is -0.433. The number of hydrogen-bond acceptors (Lipinski definition) is 2. The van der Waals surface area contributed by atoms with Crippen molar-refractivity contribution in [3.05, 3.63) is 66.5 Å². The van der Waals surface area contributed by atoms with Crippen molar-refractivity contribution in [1.29, 1.82) is 0 Å². The van der Waals surface area contributed by atoms with Gasteiger partial charge in [0.1, 0.15) is 0 Å².